The van der Waals surface area contributed by atoms with Crippen molar-refractivity contribution in [3.05, 3.63) is 23.3 Å². The number of hydrogen-bond acceptors (Lipinski definition) is 5. The summed E-state index contributed by atoms with van der Waals surface area (Å²) in [4.78, 5) is 0.253. The molecule has 1 rings (SSSR count). The van der Waals surface area contributed by atoms with Crippen LogP contribution in [-0.4, -0.2) is 37.0 Å². The fourth-order valence-electron chi connectivity index (χ4n) is 2.23. The summed E-state index contributed by atoms with van der Waals surface area (Å²) in [6, 6.07) is 3.36. The van der Waals surface area contributed by atoms with Crippen molar-refractivity contribution in [2.75, 3.05) is 19.0 Å². The van der Waals surface area contributed by atoms with Gasteiger partial charge in [-0.15, -0.1) is 0 Å². The van der Waals surface area contributed by atoms with E-state index in [4.69, 9.17) is 5.84 Å². The Bertz CT molecular complexity index is 568. The lowest BCUT2D eigenvalue weighted by Crippen LogP contribution is -2.40. The molecule has 1 aromatic carbocycles. The number of likely N-dealkylation sites (N-methyl/N-ethyl adjacent to an activating group) is 1. The van der Waals surface area contributed by atoms with Gasteiger partial charge < -0.3 is 10.5 Å². The Morgan fingerprint density at radius 1 is 1.30 bits per heavy atom. The van der Waals surface area contributed by atoms with E-state index in [-0.39, 0.29) is 11.4 Å². The lowest BCUT2D eigenvalue weighted by Gasteiger charge is -2.26. The van der Waals surface area contributed by atoms with E-state index in [0.717, 1.165) is 4.31 Å². The van der Waals surface area contributed by atoms with Crippen LogP contribution in [0.15, 0.2) is 17.0 Å². The maximum atomic E-state index is 12.6. The summed E-state index contributed by atoms with van der Waals surface area (Å²) in [6.45, 7) is 6.60. The van der Waals surface area contributed by atoms with Crippen LogP contribution in [0.4, 0.5) is 5.69 Å². The van der Waals surface area contributed by atoms with Crippen molar-refractivity contribution < 1.29 is 13.5 Å². The Morgan fingerprint density at radius 3 is 2.10 bits per heavy atom. The molecule has 0 aliphatic carbocycles. The number of aliphatic hydroxyl groups is 1. The van der Waals surface area contributed by atoms with Crippen LogP contribution in [0, 0.1) is 13.8 Å². The van der Waals surface area contributed by atoms with Crippen LogP contribution >= 0.6 is 0 Å². The molecule has 0 fully saturated rings. The summed E-state index contributed by atoms with van der Waals surface area (Å²) in [5.41, 5.74) is 3.29. The molecule has 0 aliphatic rings. The molecule has 0 aromatic heterocycles. The van der Waals surface area contributed by atoms with E-state index in [1.165, 1.54) is 7.05 Å². The Morgan fingerprint density at radius 2 is 1.75 bits per heavy atom. The number of sulfonamides is 1. The predicted molar refractivity (Wildman–Crippen MR) is 79.8 cm³/mol. The molecule has 4 N–H and O–H groups in total. The molecular formula is C13H23N3O3S. The van der Waals surface area contributed by atoms with Crippen LogP contribution in [0.2, 0.25) is 0 Å². The summed E-state index contributed by atoms with van der Waals surface area (Å²) in [7, 11) is -2.19. The second-order valence-corrected chi connectivity index (χ2v) is 7.64. The number of nitrogens with one attached hydrogen (secondary N) is 1. The molecule has 0 heterocycles. The molecule has 0 amide bonds. The quantitative estimate of drug-likeness (QED) is 0.556. The van der Waals surface area contributed by atoms with Crippen molar-refractivity contribution in [2.45, 2.75) is 38.2 Å². The average Bonchev–Trinajstić information content (AvgIpc) is 2.24. The summed E-state index contributed by atoms with van der Waals surface area (Å²) in [6.07, 6.45) is 0. The minimum absolute atomic E-state index is 0.0190. The van der Waals surface area contributed by atoms with Crippen molar-refractivity contribution in [2.24, 2.45) is 5.84 Å². The summed E-state index contributed by atoms with van der Waals surface area (Å²) < 4.78 is 26.4. The molecular weight excluding hydrogens is 278 g/mol. The lowest BCUT2D eigenvalue weighted by molar-refractivity contribution is 0.0639. The molecule has 7 heteroatoms. The van der Waals surface area contributed by atoms with Gasteiger partial charge in [-0.05, 0) is 51.0 Å². The number of anilines is 1. The van der Waals surface area contributed by atoms with Gasteiger partial charge in [-0.3, -0.25) is 5.84 Å². The van der Waals surface area contributed by atoms with Crippen molar-refractivity contribution in [1.82, 2.24) is 4.31 Å². The largest absolute Gasteiger partial charge is 0.389 e. The number of nitrogens with two attached hydrogens (primary N) is 1. The Kier molecular flexibility index (Phi) is 4.81. The molecule has 0 saturated carbocycles. The minimum Gasteiger partial charge on any atom is -0.389 e. The maximum Gasteiger partial charge on any atom is 0.243 e. The van der Waals surface area contributed by atoms with Gasteiger partial charge in [0.1, 0.15) is 0 Å². The normalized spacial score (nSPS) is 12.8. The SMILES string of the molecule is Cc1cc(NN)cc(C)c1S(=O)(=O)N(C)CC(C)(C)O. The topological polar surface area (TPSA) is 95.7 Å². The molecule has 20 heavy (non-hydrogen) atoms. The van der Waals surface area contributed by atoms with Crippen molar-refractivity contribution in [1.29, 1.82) is 0 Å². The molecule has 6 nitrogen and oxygen atoms in total. The number of hydrogen-bond donors (Lipinski definition) is 3. The molecule has 1 aromatic rings. The highest BCUT2D eigenvalue weighted by molar-refractivity contribution is 7.89. The zero-order chi connectivity index (χ0) is 15.7. The van der Waals surface area contributed by atoms with Crippen LogP contribution in [-0.2, 0) is 10.0 Å². The number of aryl methyl sites for hydroxylation is 2. The highest BCUT2D eigenvalue weighted by Gasteiger charge is 2.29. The third kappa shape index (κ3) is 3.69. The Balaban J connectivity index is 3.29. The fraction of sp³-hybridized carbons (Fsp3) is 0.538. The van der Waals surface area contributed by atoms with Gasteiger partial charge in [0.25, 0.3) is 0 Å². The van der Waals surface area contributed by atoms with Gasteiger partial charge in [0.15, 0.2) is 0 Å². The lowest BCUT2D eigenvalue weighted by atomic mass is 10.1. The van der Waals surface area contributed by atoms with E-state index in [0.29, 0.717) is 16.8 Å². The summed E-state index contributed by atoms with van der Waals surface area (Å²) in [5, 5.41) is 9.79. The number of rotatable bonds is 5. The van der Waals surface area contributed by atoms with Crippen molar-refractivity contribution in [3.63, 3.8) is 0 Å². The third-order valence-electron chi connectivity index (χ3n) is 2.90. The maximum absolute atomic E-state index is 12.6. The zero-order valence-electron chi connectivity index (χ0n) is 12.6. The van der Waals surface area contributed by atoms with Crippen LogP contribution in [0.5, 0.6) is 0 Å². The van der Waals surface area contributed by atoms with E-state index < -0.39 is 15.6 Å². The number of benzene rings is 1. The first-order valence-corrected chi connectivity index (χ1v) is 7.69. The smallest absolute Gasteiger partial charge is 0.243 e. The number of nitrogen functional groups attached to an aromatic ring is 1. The van der Waals surface area contributed by atoms with E-state index in [1.54, 1.807) is 39.8 Å². The van der Waals surface area contributed by atoms with Crippen molar-refractivity contribution in [3.8, 4) is 0 Å². The van der Waals surface area contributed by atoms with Gasteiger partial charge in [0.05, 0.1) is 10.5 Å². The highest BCUT2D eigenvalue weighted by Crippen LogP contribution is 2.27. The van der Waals surface area contributed by atoms with Gasteiger partial charge in [-0.25, -0.2) is 8.42 Å². The van der Waals surface area contributed by atoms with Crippen LogP contribution < -0.4 is 11.3 Å². The van der Waals surface area contributed by atoms with E-state index in [1.807, 2.05) is 0 Å². The molecule has 0 saturated heterocycles. The average molecular weight is 301 g/mol. The summed E-state index contributed by atoms with van der Waals surface area (Å²) >= 11 is 0. The second kappa shape index (κ2) is 5.69. The second-order valence-electron chi connectivity index (χ2n) is 5.66. The monoisotopic (exact) mass is 301 g/mol. The number of hydrazine groups is 1. The summed E-state index contributed by atoms with van der Waals surface area (Å²) in [5.74, 6) is 5.35. The van der Waals surface area contributed by atoms with E-state index >= 15 is 0 Å². The van der Waals surface area contributed by atoms with Gasteiger partial charge >= 0.3 is 0 Å². The van der Waals surface area contributed by atoms with Gasteiger partial charge in [-0.1, -0.05) is 0 Å². The van der Waals surface area contributed by atoms with Gasteiger partial charge in [0.2, 0.25) is 10.0 Å². The van der Waals surface area contributed by atoms with Crippen molar-refractivity contribution >= 4 is 15.7 Å². The molecule has 0 unspecified atom stereocenters. The Hall–Kier alpha value is -1.15. The van der Waals surface area contributed by atoms with Crippen LogP contribution in [0.1, 0.15) is 25.0 Å². The predicted octanol–water partition coefficient (Wildman–Crippen LogP) is 0.980. The third-order valence-corrected chi connectivity index (χ3v) is 5.01. The number of nitrogens with zero attached hydrogens (tertiary/aromatic N) is 1. The fourth-order valence-corrected chi connectivity index (χ4v) is 3.96. The molecule has 114 valence electrons. The first kappa shape index (κ1) is 16.9. The standard InChI is InChI=1S/C13H23N3O3S/c1-9-6-11(15-14)7-10(2)12(9)20(18,19)16(5)8-13(3,4)17/h6-7,15,17H,8,14H2,1-5H3. The molecule has 0 aliphatic heterocycles. The first-order valence-electron chi connectivity index (χ1n) is 6.25. The van der Waals surface area contributed by atoms with Crippen LogP contribution in [0.25, 0.3) is 0 Å². The van der Waals surface area contributed by atoms with E-state index in [2.05, 4.69) is 5.43 Å². The minimum atomic E-state index is -3.65. The Labute approximate surface area is 120 Å². The molecule has 0 bridgehead atoms. The van der Waals surface area contributed by atoms with E-state index in [9.17, 15) is 13.5 Å². The molecule has 0 atom stereocenters. The first-order chi connectivity index (χ1) is 8.99. The molecule has 0 radical (unpaired) electrons. The van der Waals surface area contributed by atoms with Gasteiger partial charge in [0, 0.05) is 19.3 Å². The van der Waals surface area contributed by atoms with Gasteiger partial charge in [-0.2, -0.15) is 4.31 Å². The molecule has 0 spiro atoms. The van der Waals surface area contributed by atoms with Crippen LogP contribution in [0.3, 0.4) is 0 Å². The zero-order valence-corrected chi connectivity index (χ0v) is 13.4. The highest BCUT2D eigenvalue weighted by atomic mass is 32.2.